The Morgan fingerprint density at radius 3 is 2.61 bits per heavy atom. The van der Waals surface area contributed by atoms with Crippen molar-refractivity contribution < 1.29 is 14.3 Å². The molecule has 2 N–H and O–H groups in total. The lowest BCUT2D eigenvalue weighted by Crippen LogP contribution is -2.43. The first-order chi connectivity index (χ1) is 10.8. The third-order valence-electron chi connectivity index (χ3n) is 3.70. The Morgan fingerprint density at radius 1 is 1.39 bits per heavy atom. The van der Waals surface area contributed by atoms with Crippen LogP contribution < -0.4 is 10.9 Å². The summed E-state index contributed by atoms with van der Waals surface area (Å²) in [5, 5.41) is 1.03. The van der Waals surface area contributed by atoms with Crippen LogP contribution in [0.3, 0.4) is 0 Å². The molecule has 0 bridgehead atoms. The second-order valence-corrected chi connectivity index (χ2v) is 6.91. The fraction of sp³-hybridized carbons (Fsp3) is 0.588. The molecule has 23 heavy (non-hydrogen) atoms. The maximum absolute atomic E-state index is 12.0. The number of hydrazine groups is 1. The summed E-state index contributed by atoms with van der Waals surface area (Å²) in [5.41, 5.74) is 1.22. The number of ether oxygens (including phenoxy) is 2. The number of carbonyl (C=O) groups is 1. The zero-order valence-corrected chi connectivity index (χ0v) is 14.4. The number of nitrogens with zero attached hydrogens (tertiary/aromatic N) is 2. The molecule has 0 aliphatic carbocycles. The highest BCUT2D eigenvalue weighted by Gasteiger charge is 2.22. The summed E-state index contributed by atoms with van der Waals surface area (Å²) in [4.78, 5) is 14.3. The minimum Gasteiger partial charge on any atom is -0.442 e. The lowest BCUT2D eigenvalue weighted by molar-refractivity contribution is -0.00436. The summed E-state index contributed by atoms with van der Waals surface area (Å²) < 4.78 is 10.7. The van der Waals surface area contributed by atoms with Gasteiger partial charge in [0.05, 0.1) is 18.9 Å². The number of morpholine rings is 1. The zero-order chi connectivity index (χ0) is 17.0. The number of hydrogen-bond acceptors (Lipinski definition) is 5. The molecule has 0 saturated carbocycles. The lowest BCUT2D eigenvalue weighted by atomic mass is 10.1. The average molecular weight is 321 g/mol. The molecule has 1 fully saturated rings. The van der Waals surface area contributed by atoms with E-state index < -0.39 is 11.7 Å². The van der Waals surface area contributed by atoms with E-state index in [2.05, 4.69) is 11.8 Å². The second kappa shape index (κ2) is 7.29. The van der Waals surface area contributed by atoms with Crippen molar-refractivity contribution in [2.45, 2.75) is 45.9 Å². The van der Waals surface area contributed by atoms with Gasteiger partial charge in [0.1, 0.15) is 5.60 Å². The minimum absolute atomic E-state index is 0.413. The van der Waals surface area contributed by atoms with Crippen molar-refractivity contribution in [1.82, 2.24) is 4.90 Å². The minimum atomic E-state index is -0.568. The molecule has 1 atom stereocenters. The van der Waals surface area contributed by atoms with Crippen molar-refractivity contribution in [3.63, 3.8) is 0 Å². The van der Waals surface area contributed by atoms with Crippen LogP contribution in [0.15, 0.2) is 24.3 Å². The Bertz CT molecular complexity index is 525. The van der Waals surface area contributed by atoms with E-state index in [0.717, 1.165) is 31.3 Å². The molecule has 0 aromatic heterocycles. The van der Waals surface area contributed by atoms with E-state index in [9.17, 15) is 4.79 Å². The van der Waals surface area contributed by atoms with Crippen LogP contribution in [0.2, 0.25) is 0 Å². The number of carbonyl (C=O) groups excluding carboxylic acids is 1. The molecule has 1 heterocycles. The first kappa shape index (κ1) is 17.7. The summed E-state index contributed by atoms with van der Waals surface area (Å²) >= 11 is 0. The van der Waals surface area contributed by atoms with Gasteiger partial charge in [-0.1, -0.05) is 12.1 Å². The summed E-state index contributed by atoms with van der Waals surface area (Å²) in [6.45, 7) is 10.9. The van der Waals surface area contributed by atoms with Crippen LogP contribution in [0.25, 0.3) is 0 Å². The number of anilines is 1. The largest absolute Gasteiger partial charge is 0.442 e. The van der Waals surface area contributed by atoms with Crippen LogP contribution in [0.4, 0.5) is 10.5 Å². The van der Waals surface area contributed by atoms with Gasteiger partial charge in [0.2, 0.25) is 0 Å². The van der Waals surface area contributed by atoms with Crippen LogP contribution >= 0.6 is 0 Å². The monoisotopic (exact) mass is 321 g/mol. The highest BCUT2D eigenvalue weighted by molar-refractivity contribution is 5.86. The van der Waals surface area contributed by atoms with Gasteiger partial charge in [0, 0.05) is 19.1 Å². The third-order valence-corrected chi connectivity index (χ3v) is 3.70. The van der Waals surface area contributed by atoms with Gasteiger partial charge in [0.25, 0.3) is 0 Å². The molecule has 1 aliphatic heterocycles. The van der Waals surface area contributed by atoms with E-state index in [1.54, 1.807) is 0 Å². The molecule has 0 radical (unpaired) electrons. The van der Waals surface area contributed by atoms with E-state index in [1.807, 2.05) is 45.0 Å². The summed E-state index contributed by atoms with van der Waals surface area (Å²) in [6, 6.07) is 8.06. The highest BCUT2D eigenvalue weighted by atomic mass is 16.6. The normalized spacial score (nSPS) is 19.4. The smallest absolute Gasteiger partial charge is 0.429 e. The van der Waals surface area contributed by atoms with Crippen LogP contribution in [0, 0.1) is 0 Å². The maximum atomic E-state index is 12.0. The van der Waals surface area contributed by atoms with E-state index in [0.29, 0.717) is 11.7 Å². The Kier molecular flexibility index (Phi) is 5.62. The fourth-order valence-corrected chi connectivity index (χ4v) is 2.41. The Hall–Kier alpha value is -1.63. The molecule has 2 rings (SSSR count). The van der Waals surface area contributed by atoms with Crippen molar-refractivity contribution >= 4 is 11.8 Å². The maximum Gasteiger partial charge on any atom is 0.429 e. The van der Waals surface area contributed by atoms with Crippen molar-refractivity contribution in [2.24, 2.45) is 5.84 Å². The van der Waals surface area contributed by atoms with Gasteiger partial charge in [-0.3, -0.25) is 4.90 Å². The van der Waals surface area contributed by atoms with Gasteiger partial charge in [-0.15, -0.1) is 0 Å². The molecule has 1 aromatic rings. The standard InChI is InChI=1S/C17H27N3O3/c1-13-12-22-10-9-19(13)11-14-5-7-15(8-6-14)20(18)16(21)23-17(2,3)4/h5-8,13H,9-12,18H2,1-4H3. The van der Waals surface area contributed by atoms with E-state index in [-0.39, 0.29) is 0 Å². The van der Waals surface area contributed by atoms with Gasteiger partial charge >= 0.3 is 6.09 Å². The highest BCUT2D eigenvalue weighted by Crippen LogP contribution is 2.18. The van der Waals surface area contributed by atoms with E-state index in [1.165, 1.54) is 5.56 Å². The number of nitrogens with two attached hydrogens (primary N) is 1. The van der Waals surface area contributed by atoms with Crippen molar-refractivity contribution in [3.05, 3.63) is 29.8 Å². The molecular weight excluding hydrogens is 294 g/mol. The SMILES string of the molecule is CC1COCCN1Cc1ccc(N(N)C(=O)OC(C)(C)C)cc1. The third kappa shape index (κ3) is 5.20. The Labute approximate surface area is 138 Å². The molecule has 1 saturated heterocycles. The first-order valence-electron chi connectivity index (χ1n) is 7.95. The summed E-state index contributed by atoms with van der Waals surface area (Å²) in [5.74, 6) is 5.83. The lowest BCUT2D eigenvalue weighted by Gasteiger charge is -2.33. The molecule has 1 unspecified atom stereocenters. The van der Waals surface area contributed by atoms with Gasteiger partial charge in [-0.05, 0) is 45.4 Å². The van der Waals surface area contributed by atoms with Crippen molar-refractivity contribution in [3.8, 4) is 0 Å². The van der Waals surface area contributed by atoms with Gasteiger partial charge < -0.3 is 9.47 Å². The predicted molar refractivity (Wildman–Crippen MR) is 90.0 cm³/mol. The summed E-state index contributed by atoms with van der Waals surface area (Å²) in [6.07, 6.45) is -0.563. The van der Waals surface area contributed by atoms with Crippen LogP contribution in [0.1, 0.15) is 33.3 Å². The molecule has 0 spiro atoms. The molecule has 6 heteroatoms. The number of rotatable bonds is 3. The molecule has 1 amide bonds. The molecule has 128 valence electrons. The van der Waals surface area contributed by atoms with Gasteiger partial charge in [0.15, 0.2) is 0 Å². The molecule has 6 nitrogen and oxygen atoms in total. The average Bonchev–Trinajstić information content (AvgIpc) is 2.48. The number of amides is 1. The quantitative estimate of drug-likeness (QED) is 0.526. The van der Waals surface area contributed by atoms with Crippen molar-refractivity contribution in [2.75, 3.05) is 24.8 Å². The van der Waals surface area contributed by atoms with Crippen LogP contribution in [0.5, 0.6) is 0 Å². The van der Waals surface area contributed by atoms with Crippen LogP contribution in [-0.2, 0) is 16.0 Å². The predicted octanol–water partition coefficient (Wildman–Crippen LogP) is 2.52. The molecular formula is C17H27N3O3. The Balaban J connectivity index is 1.97. The zero-order valence-electron chi connectivity index (χ0n) is 14.4. The van der Waals surface area contributed by atoms with Gasteiger partial charge in [-0.25, -0.2) is 15.6 Å². The first-order valence-corrected chi connectivity index (χ1v) is 7.95. The van der Waals surface area contributed by atoms with E-state index in [4.69, 9.17) is 15.3 Å². The summed E-state index contributed by atoms with van der Waals surface area (Å²) in [7, 11) is 0. The second-order valence-electron chi connectivity index (χ2n) is 6.91. The van der Waals surface area contributed by atoms with Crippen molar-refractivity contribution in [1.29, 1.82) is 0 Å². The molecule has 1 aromatic carbocycles. The number of hydrogen-bond donors (Lipinski definition) is 1. The molecule has 1 aliphatic rings. The Morgan fingerprint density at radius 2 is 2.04 bits per heavy atom. The van der Waals surface area contributed by atoms with Gasteiger partial charge in [-0.2, -0.15) is 0 Å². The fourth-order valence-electron chi connectivity index (χ4n) is 2.41. The van der Waals surface area contributed by atoms with E-state index >= 15 is 0 Å². The van der Waals surface area contributed by atoms with Crippen LogP contribution in [-0.4, -0.2) is 42.4 Å². The topological polar surface area (TPSA) is 68.0 Å². The number of benzene rings is 1.